The molecular formula is C12H13N3O2. The number of aromatic nitrogens is 2. The van der Waals surface area contributed by atoms with Crippen LogP contribution in [0, 0.1) is 0 Å². The number of nitrogens with zero attached hydrogens (tertiary/aromatic N) is 3. The van der Waals surface area contributed by atoms with E-state index in [2.05, 4.69) is 4.98 Å². The standard InChI is InChI=1S/C12H13N3O2/c1-14-8-7-13-12(14)15(2)10-5-3-9(4-6-10)11(16)17/h3-8H,1-2H3,(H,16,17). The molecule has 0 aliphatic rings. The SMILES string of the molecule is CN(c1ccc(C(=O)O)cc1)c1nccn1C. The van der Waals surface area contributed by atoms with Crippen molar-refractivity contribution in [2.45, 2.75) is 0 Å². The van der Waals surface area contributed by atoms with Crippen LogP contribution in [0.5, 0.6) is 0 Å². The average molecular weight is 231 g/mol. The molecule has 0 spiro atoms. The Morgan fingerprint density at radius 2 is 2.00 bits per heavy atom. The largest absolute Gasteiger partial charge is 0.478 e. The van der Waals surface area contributed by atoms with Crippen LogP contribution in [-0.2, 0) is 7.05 Å². The van der Waals surface area contributed by atoms with E-state index in [0.717, 1.165) is 11.6 Å². The Hall–Kier alpha value is -2.30. The first kappa shape index (κ1) is 11.2. The molecule has 5 nitrogen and oxygen atoms in total. The van der Waals surface area contributed by atoms with Gasteiger partial charge in [0.05, 0.1) is 5.56 Å². The maximum Gasteiger partial charge on any atom is 0.335 e. The molecule has 0 saturated carbocycles. The Labute approximate surface area is 98.9 Å². The number of hydrogen-bond acceptors (Lipinski definition) is 3. The van der Waals surface area contributed by atoms with Gasteiger partial charge in [0.1, 0.15) is 0 Å². The van der Waals surface area contributed by atoms with Gasteiger partial charge in [0.25, 0.3) is 0 Å². The van der Waals surface area contributed by atoms with Gasteiger partial charge >= 0.3 is 5.97 Å². The van der Waals surface area contributed by atoms with Gasteiger partial charge in [-0.25, -0.2) is 9.78 Å². The van der Waals surface area contributed by atoms with E-state index in [1.807, 2.05) is 29.8 Å². The molecule has 0 bridgehead atoms. The Morgan fingerprint density at radius 1 is 1.35 bits per heavy atom. The van der Waals surface area contributed by atoms with Crippen LogP contribution in [0.3, 0.4) is 0 Å². The number of aryl methyl sites for hydroxylation is 1. The third-order valence-corrected chi connectivity index (χ3v) is 2.60. The molecular weight excluding hydrogens is 218 g/mol. The van der Waals surface area contributed by atoms with Crippen LogP contribution in [-0.4, -0.2) is 27.7 Å². The van der Waals surface area contributed by atoms with Gasteiger partial charge in [-0.2, -0.15) is 0 Å². The second-order valence-corrected chi connectivity index (χ2v) is 3.75. The molecule has 2 rings (SSSR count). The van der Waals surface area contributed by atoms with Crippen molar-refractivity contribution in [3.8, 4) is 0 Å². The minimum Gasteiger partial charge on any atom is -0.478 e. The molecule has 1 N–H and O–H groups in total. The molecule has 17 heavy (non-hydrogen) atoms. The number of anilines is 2. The maximum absolute atomic E-state index is 10.7. The van der Waals surface area contributed by atoms with E-state index < -0.39 is 5.97 Å². The zero-order chi connectivity index (χ0) is 12.4. The first-order valence-corrected chi connectivity index (χ1v) is 5.14. The molecule has 0 unspecified atom stereocenters. The van der Waals surface area contributed by atoms with Crippen molar-refractivity contribution in [1.29, 1.82) is 0 Å². The molecule has 1 aromatic heterocycles. The fourth-order valence-electron chi connectivity index (χ4n) is 1.62. The Bertz CT molecular complexity index is 531. The van der Waals surface area contributed by atoms with Crippen molar-refractivity contribution in [3.63, 3.8) is 0 Å². The summed E-state index contributed by atoms with van der Waals surface area (Å²) >= 11 is 0. The van der Waals surface area contributed by atoms with Crippen LogP contribution in [0.1, 0.15) is 10.4 Å². The zero-order valence-corrected chi connectivity index (χ0v) is 9.66. The lowest BCUT2D eigenvalue weighted by atomic mass is 10.2. The fraction of sp³-hybridized carbons (Fsp3) is 0.167. The molecule has 0 amide bonds. The van der Waals surface area contributed by atoms with E-state index >= 15 is 0 Å². The summed E-state index contributed by atoms with van der Waals surface area (Å²) in [4.78, 5) is 16.9. The summed E-state index contributed by atoms with van der Waals surface area (Å²) in [6, 6.07) is 6.68. The number of benzene rings is 1. The predicted molar refractivity (Wildman–Crippen MR) is 64.7 cm³/mol. The van der Waals surface area contributed by atoms with E-state index in [1.165, 1.54) is 0 Å². The lowest BCUT2D eigenvalue weighted by Gasteiger charge is -2.18. The van der Waals surface area contributed by atoms with Gasteiger partial charge in [0.15, 0.2) is 0 Å². The van der Waals surface area contributed by atoms with Crippen LogP contribution < -0.4 is 4.90 Å². The number of aromatic carboxylic acids is 1. The molecule has 2 aromatic rings. The van der Waals surface area contributed by atoms with Crippen molar-refractivity contribution < 1.29 is 9.90 Å². The van der Waals surface area contributed by atoms with Gasteiger partial charge in [-0.15, -0.1) is 0 Å². The summed E-state index contributed by atoms with van der Waals surface area (Å²) in [6.45, 7) is 0. The van der Waals surface area contributed by atoms with E-state index in [9.17, 15) is 4.79 Å². The molecule has 0 radical (unpaired) electrons. The third kappa shape index (κ3) is 2.13. The van der Waals surface area contributed by atoms with Gasteiger partial charge in [-0.1, -0.05) is 0 Å². The van der Waals surface area contributed by atoms with Gasteiger partial charge < -0.3 is 14.6 Å². The highest BCUT2D eigenvalue weighted by Crippen LogP contribution is 2.21. The predicted octanol–water partition coefficient (Wildman–Crippen LogP) is 1.89. The van der Waals surface area contributed by atoms with Crippen molar-refractivity contribution in [2.75, 3.05) is 11.9 Å². The van der Waals surface area contributed by atoms with Gasteiger partial charge in [0, 0.05) is 32.2 Å². The number of imidazole rings is 1. The second-order valence-electron chi connectivity index (χ2n) is 3.75. The molecule has 1 aromatic carbocycles. The van der Waals surface area contributed by atoms with Crippen LogP contribution in [0.4, 0.5) is 11.6 Å². The van der Waals surface area contributed by atoms with Crippen molar-refractivity contribution in [1.82, 2.24) is 9.55 Å². The van der Waals surface area contributed by atoms with Gasteiger partial charge in [-0.3, -0.25) is 0 Å². The van der Waals surface area contributed by atoms with Gasteiger partial charge in [0.2, 0.25) is 5.95 Å². The summed E-state index contributed by atoms with van der Waals surface area (Å²) in [7, 11) is 3.79. The summed E-state index contributed by atoms with van der Waals surface area (Å²) in [5.41, 5.74) is 1.17. The fourth-order valence-corrected chi connectivity index (χ4v) is 1.62. The maximum atomic E-state index is 10.7. The molecule has 0 atom stereocenters. The molecule has 1 heterocycles. The number of carboxylic acid groups (broad SMARTS) is 1. The Morgan fingerprint density at radius 3 is 2.47 bits per heavy atom. The normalized spacial score (nSPS) is 10.2. The summed E-state index contributed by atoms with van der Waals surface area (Å²) in [5, 5.41) is 8.81. The first-order valence-electron chi connectivity index (χ1n) is 5.14. The third-order valence-electron chi connectivity index (χ3n) is 2.60. The molecule has 5 heteroatoms. The quantitative estimate of drug-likeness (QED) is 0.876. The van der Waals surface area contributed by atoms with Crippen molar-refractivity contribution >= 4 is 17.6 Å². The lowest BCUT2D eigenvalue weighted by molar-refractivity contribution is 0.0697. The van der Waals surface area contributed by atoms with Crippen molar-refractivity contribution in [3.05, 3.63) is 42.2 Å². The minimum absolute atomic E-state index is 0.280. The van der Waals surface area contributed by atoms with Crippen LogP contribution in [0.25, 0.3) is 0 Å². The van der Waals surface area contributed by atoms with E-state index in [0.29, 0.717) is 0 Å². The summed E-state index contributed by atoms with van der Waals surface area (Å²) in [5.74, 6) is -0.121. The topological polar surface area (TPSA) is 58.4 Å². The minimum atomic E-state index is -0.920. The molecule has 0 aliphatic heterocycles. The monoisotopic (exact) mass is 231 g/mol. The smallest absolute Gasteiger partial charge is 0.335 e. The molecule has 88 valence electrons. The van der Waals surface area contributed by atoms with E-state index in [1.54, 1.807) is 30.5 Å². The van der Waals surface area contributed by atoms with E-state index in [-0.39, 0.29) is 5.56 Å². The average Bonchev–Trinajstić information content (AvgIpc) is 2.74. The van der Waals surface area contributed by atoms with Crippen LogP contribution >= 0.6 is 0 Å². The van der Waals surface area contributed by atoms with Gasteiger partial charge in [-0.05, 0) is 24.3 Å². The highest BCUT2D eigenvalue weighted by molar-refractivity contribution is 5.88. The molecule has 0 aliphatic carbocycles. The van der Waals surface area contributed by atoms with Crippen LogP contribution in [0.15, 0.2) is 36.7 Å². The number of hydrogen-bond donors (Lipinski definition) is 1. The molecule has 0 saturated heterocycles. The van der Waals surface area contributed by atoms with Crippen LogP contribution in [0.2, 0.25) is 0 Å². The lowest BCUT2D eigenvalue weighted by Crippen LogP contribution is -2.14. The van der Waals surface area contributed by atoms with E-state index in [4.69, 9.17) is 5.11 Å². The highest BCUT2D eigenvalue weighted by atomic mass is 16.4. The molecule has 0 fully saturated rings. The summed E-state index contributed by atoms with van der Waals surface area (Å²) < 4.78 is 1.89. The second kappa shape index (κ2) is 4.29. The Balaban J connectivity index is 2.29. The summed E-state index contributed by atoms with van der Waals surface area (Å²) in [6.07, 6.45) is 3.58. The Kier molecular flexibility index (Phi) is 2.82. The first-order chi connectivity index (χ1) is 8.09. The number of carbonyl (C=O) groups is 1. The number of carboxylic acids is 1. The highest BCUT2D eigenvalue weighted by Gasteiger charge is 2.09. The van der Waals surface area contributed by atoms with Crippen molar-refractivity contribution in [2.24, 2.45) is 7.05 Å². The number of rotatable bonds is 3. The zero-order valence-electron chi connectivity index (χ0n) is 9.66.